The molecule has 0 aliphatic heterocycles. The van der Waals surface area contributed by atoms with Crippen LogP contribution in [0.2, 0.25) is 0 Å². The molecule has 3 N–H and O–H groups in total. The maximum Gasteiger partial charge on any atom is 0.129 e. The minimum absolute atomic E-state index is 0.266. The van der Waals surface area contributed by atoms with Crippen LogP contribution in [0.25, 0.3) is 0 Å². The first-order chi connectivity index (χ1) is 8.09. The number of aromatic nitrogens is 1. The summed E-state index contributed by atoms with van der Waals surface area (Å²) in [6, 6.07) is 7.58. The summed E-state index contributed by atoms with van der Waals surface area (Å²) in [6.07, 6.45) is 0.617. The molecule has 1 aromatic heterocycles. The third kappa shape index (κ3) is 2.26. The fourth-order valence-corrected chi connectivity index (χ4v) is 1.79. The van der Waals surface area contributed by atoms with Crippen molar-refractivity contribution in [1.29, 1.82) is 0 Å². The number of nitrogen functional groups attached to an aromatic ring is 1. The number of aryl methyl sites for hydroxylation is 1. The molecule has 4 heteroatoms. The summed E-state index contributed by atoms with van der Waals surface area (Å²) in [5.41, 5.74) is 7.55. The van der Waals surface area contributed by atoms with Gasteiger partial charge in [-0.15, -0.1) is 0 Å². The lowest BCUT2D eigenvalue weighted by Gasteiger charge is -2.15. The van der Waals surface area contributed by atoms with Crippen LogP contribution >= 0.6 is 0 Å². The average Bonchev–Trinajstić information content (AvgIpc) is 2.28. The van der Waals surface area contributed by atoms with E-state index in [0.717, 1.165) is 5.56 Å². The number of nitrogens with two attached hydrogens (primary N) is 1. The van der Waals surface area contributed by atoms with Crippen molar-refractivity contribution in [2.24, 2.45) is 0 Å². The van der Waals surface area contributed by atoms with Gasteiger partial charge in [0.2, 0.25) is 0 Å². The van der Waals surface area contributed by atoms with Crippen molar-refractivity contribution in [2.75, 3.05) is 5.73 Å². The Balaban J connectivity index is 2.47. The average molecular weight is 232 g/mol. The van der Waals surface area contributed by atoms with Gasteiger partial charge in [0.25, 0.3) is 0 Å². The predicted molar refractivity (Wildman–Crippen MR) is 63.8 cm³/mol. The Morgan fingerprint density at radius 3 is 2.76 bits per heavy atom. The lowest BCUT2D eigenvalue weighted by molar-refractivity contribution is 0.219. The van der Waals surface area contributed by atoms with Gasteiger partial charge in [-0.3, -0.25) is 0 Å². The Morgan fingerprint density at radius 2 is 2.12 bits per heavy atom. The third-order valence-corrected chi connectivity index (χ3v) is 2.68. The molecule has 0 fully saturated rings. The molecule has 3 nitrogen and oxygen atoms in total. The molecule has 88 valence electrons. The maximum absolute atomic E-state index is 13.1. The van der Waals surface area contributed by atoms with Crippen molar-refractivity contribution in [3.05, 3.63) is 59.0 Å². The van der Waals surface area contributed by atoms with Gasteiger partial charge < -0.3 is 10.8 Å². The van der Waals surface area contributed by atoms with Gasteiger partial charge in [0, 0.05) is 11.8 Å². The number of anilines is 1. The molecule has 2 aromatic rings. The first-order valence-corrected chi connectivity index (χ1v) is 5.24. The van der Waals surface area contributed by atoms with Crippen LogP contribution in [0.15, 0.2) is 36.5 Å². The highest BCUT2D eigenvalue weighted by Crippen LogP contribution is 2.28. The molecule has 0 amide bonds. The van der Waals surface area contributed by atoms with Crippen molar-refractivity contribution in [1.82, 2.24) is 4.98 Å². The smallest absolute Gasteiger partial charge is 0.129 e. The number of benzene rings is 1. The Morgan fingerprint density at radius 1 is 1.35 bits per heavy atom. The van der Waals surface area contributed by atoms with Crippen molar-refractivity contribution in [3.8, 4) is 0 Å². The zero-order chi connectivity index (χ0) is 12.4. The number of aliphatic hydroxyl groups excluding tert-OH is 1. The van der Waals surface area contributed by atoms with Crippen LogP contribution in [0.4, 0.5) is 10.2 Å². The first-order valence-electron chi connectivity index (χ1n) is 5.24. The molecule has 0 radical (unpaired) electrons. The van der Waals surface area contributed by atoms with E-state index in [9.17, 15) is 9.50 Å². The van der Waals surface area contributed by atoms with Gasteiger partial charge in [-0.25, -0.2) is 9.37 Å². The van der Waals surface area contributed by atoms with Gasteiger partial charge in [0.1, 0.15) is 17.7 Å². The summed E-state index contributed by atoms with van der Waals surface area (Å²) >= 11 is 0. The summed E-state index contributed by atoms with van der Waals surface area (Å²) in [4.78, 5) is 3.93. The highest BCUT2D eigenvalue weighted by Gasteiger charge is 2.16. The van der Waals surface area contributed by atoms with Crippen LogP contribution in [-0.4, -0.2) is 10.1 Å². The number of nitrogens with zero attached hydrogens (tertiary/aromatic N) is 1. The topological polar surface area (TPSA) is 59.1 Å². The number of rotatable bonds is 2. The highest BCUT2D eigenvalue weighted by molar-refractivity contribution is 5.48. The second-order valence-electron chi connectivity index (χ2n) is 3.88. The number of aliphatic hydroxyl groups is 1. The van der Waals surface area contributed by atoms with E-state index in [0.29, 0.717) is 11.1 Å². The maximum atomic E-state index is 13.1. The van der Waals surface area contributed by atoms with Gasteiger partial charge in [-0.2, -0.15) is 0 Å². The Hall–Kier alpha value is -1.94. The summed E-state index contributed by atoms with van der Waals surface area (Å²) in [5, 5.41) is 10.2. The van der Waals surface area contributed by atoms with Crippen LogP contribution in [0.3, 0.4) is 0 Å². The molecule has 1 aromatic carbocycles. The molecule has 1 unspecified atom stereocenters. The molecule has 1 heterocycles. The van der Waals surface area contributed by atoms with Crippen LogP contribution in [0, 0.1) is 12.7 Å². The largest absolute Gasteiger partial charge is 0.384 e. The lowest BCUT2D eigenvalue weighted by atomic mass is 9.98. The molecule has 0 spiro atoms. The Labute approximate surface area is 98.7 Å². The zero-order valence-corrected chi connectivity index (χ0v) is 9.39. The van der Waals surface area contributed by atoms with Gasteiger partial charge in [-0.05, 0) is 36.2 Å². The molecule has 1 atom stereocenters. The first kappa shape index (κ1) is 11.5. The second-order valence-corrected chi connectivity index (χ2v) is 3.88. The molecular weight excluding hydrogens is 219 g/mol. The molecule has 0 saturated carbocycles. The molecule has 17 heavy (non-hydrogen) atoms. The van der Waals surface area contributed by atoms with Gasteiger partial charge >= 0.3 is 0 Å². The van der Waals surface area contributed by atoms with E-state index in [4.69, 9.17) is 5.73 Å². The predicted octanol–water partition coefficient (Wildman–Crippen LogP) is 2.19. The van der Waals surface area contributed by atoms with Gasteiger partial charge in [0.05, 0.1) is 0 Å². The van der Waals surface area contributed by atoms with E-state index < -0.39 is 6.10 Å². The summed E-state index contributed by atoms with van der Waals surface area (Å²) < 4.78 is 13.1. The van der Waals surface area contributed by atoms with Crippen molar-refractivity contribution in [2.45, 2.75) is 13.0 Å². The lowest BCUT2D eigenvalue weighted by Crippen LogP contribution is -2.07. The van der Waals surface area contributed by atoms with Crippen LogP contribution in [-0.2, 0) is 0 Å². The zero-order valence-electron chi connectivity index (χ0n) is 9.39. The Bertz CT molecular complexity index is 522. The standard InChI is InChI=1S/C13H13FN2O/c1-8-5-6-16-13(15)11(8)12(17)9-3-2-4-10(14)7-9/h2-7,12,17H,1H3,(H2,15,16). The summed E-state index contributed by atoms with van der Waals surface area (Å²) in [7, 11) is 0. The minimum Gasteiger partial charge on any atom is -0.384 e. The van der Waals surface area contributed by atoms with Crippen LogP contribution < -0.4 is 5.73 Å². The number of pyridine rings is 1. The van der Waals surface area contributed by atoms with Crippen molar-refractivity contribution < 1.29 is 9.50 Å². The second kappa shape index (κ2) is 4.51. The van der Waals surface area contributed by atoms with E-state index in [1.165, 1.54) is 12.1 Å². The molecule has 2 rings (SSSR count). The van der Waals surface area contributed by atoms with E-state index in [1.807, 2.05) is 6.92 Å². The fraction of sp³-hybridized carbons (Fsp3) is 0.154. The number of hydrogen-bond acceptors (Lipinski definition) is 3. The number of halogens is 1. The third-order valence-electron chi connectivity index (χ3n) is 2.68. The van der Waals surface area contributed by atoms with E-state index >= 15 is 0 Å². The normalized spacial score (nSPS) is 12.4. The highest BCUT2D eigenvalue weighted by atomic mass is 19.1. The van der Waals surface area contributed by atoms with E-state index in [-0.39, 0.29) is 11.6 Å². The van der Waals surface area contributed by atoms with E-state index in [2.05, 4.69) is 4.98 Å². The minimum atomic E-state index is -0.959. The molecule has 0 saturated heterocycles. The molecule has 0 aliphatic rings. The SMILES string of the molecule is Cc1ccnc(N)c1C(O)c1cccc(F)c1. The molecule has 0 aliphatic carbocycles. The van der Waals surface area contributed by atoms with Crippen molar-refractivity contribution in [3.63, 3.8) is 0 Å². The summed E-state index contributed by atoms with van der Waals surface area (Å²) in [5.74, 6) is -0.122. The van der Waals surface area contributed by atoms with E-state index in [1.54, 1.807) is 24.4 Å². The van der Waals surface area contributed by atoms with Gasteiger partial charge in [-0.1, -0.05) is 12.1 Å². The summed E-state index contributed by atoms with van der Waals surface area (Å²) in [6.45, 7) is 1.83. The molecule has 0 bridgehead atoms. The van der Waals surface area contributed by atoms with Crippen LogP contribution in [0.1, 0.15) is 22.8 Å². The quantitative estimate of drug-likeness (QED) is 0.834. The number of hydrogen-bond donors (Lipinski definition) is 2. The fourth-order valence-electron chi connectivity index (χ4n) is 1.79. The van der Waals surface area contributed by atoms with Crippen molar-refractivity contribution >= 4 is 5.82 Å². The monoisotopic (exact) mass is 232 g/mol. The van der Waals surface area contributed by atoms with Crippen LogP contribution in [0.5, 0.6) is 0 Å². The van der Waals surface area contributed by atoms with Gasteiger partial charge in [0.15, 0.2) is 0 Å². The molecular formula is C13H13FN2O. The Kier molecular flexibility index (Phi) is 3.06.